The molecule has 116 valence electrons. The number of nitrogens with zero attached hydrogens (tertiary/aromatic N) is 2. The van der Waals surface area contributed by atoms with Gasteiger partial charge in [0, 0.05) is 44.7 Å². The van der Waals surface area contributed by atoms with Gasteiger partial charge in [0.05, 0.1) is 5.25 Å². The lowest BCUT2D eigenvalue weighted by Crippen LogP contribution is -2.42. The molecular formula is C15H22N2O3S. The lowest BCUT2D eigenvalue weighted by Gasteiger charge is -2.31. The second-order valence-corrected chi connectivity index (χ2v) is 8.09. The van der Waals surface area contributed by atoms with Gasteiger partial charge in [-0.05, 0) is 37.1 Å². The van der Waals surface area contributed by atoms with Crippen LogP contribution in [0.5, 0.6) is 0 Å². The first-order valence-corrected chi connectivity index (χ1v) is 9.00. The monoisotopic (exact) mass is 310 g/mol. The van der Waals surface area contributed by atoms with Crippen molar-refractivity contribution in [2.45, 2.75) is 18.1 Å². The Morgan fingerprint density at radius 1 is 1.14 bits per heavy atom. The molecule has 0 bridgehead atoms. The summed E-state index contributed by atoms with van der Waals surface area (Å²) in [5.74, 6) is -0.0211. The summed E-state index contributed by atoms with van der Waals surface area (Å²) in [4.78, 5) is 16.1. The van der Waals surface area contributed by atoms with E-state index in [4.69, 9.17) is 0 Å². The topological polar surface area (TPSA) is 57.7 Å². The van der Waals surface area contributed by atoms with Crippen LogP contribution in [0.25, 0.3) is 0 Å². The summed E-state index contributed by atoms with van der Waals surface area (Å²) >= 11 is 0. The van der Waals surface area contributed by atoms with Crippen molar-refractivity contribution in [2.75, 3.05) is 38.3 Å². The third-order valence-corrected chi connectivity index (χ3v) is 5.65. The van der Waals surface area contributed by atoms with Gasteiger partial charge < -0.3 is 9.80 Å². The molecule has 0 N–H and O–H groups in total. The van der Waals surface area contributed by atoms with E-state index in [1.807, 2.05) is 43.3 Å². The van der Waals surface area contributed by atoms with E-state index >= 15 is 0 Å². The van der Waals surface area contributed by atoms with Gasteiger partial charge in [-0.1, -0.05) is 0 Å². The lowest BCUT2D eigenvalue weighted by molar-refractivity contribution is 0.0726. The standard InChI is InChI=1S/C15H22N2O3S/c1-16(2)13-6-4-12(5-7-13)15(18)17-10-8-14(9-11-17)21(3,19)20/h4-7,14H,8-11H2,1-3H3. The average molecular weight is 310 g/mol. The van der Waals surface area contributed by atoms with Crippen LogP contribution < -0.4 is 4.90 Å². The zero-order valence-corrected chi connectivity index (χ0v) is 13.6. The van der Waals surface area contributed by atoms with E-state index in [2.05, 4.69) is 0 Å². The molecule has 2 rings (SSSR count). The second-order valence-electron chi connectivity index (χ2n) is 5.76. The molecule has 1 fully saturated rings. The molecule has 0 radical (unpaired) electrons. The fraction of sp³-hybridized carbons (Fsp3) is 0.533. The first kappa shape index (κ1) is 15.8. The Morgan fingerprint density at radius 2 is 1.67 bits per heavy atom. The minimum atomic E-state index is -3.00. The van der Waals surface area contributed by atoms with Crippen LogP contribution in [0.3, 0.4) is 0 Å². The quantitative estimate of drug-likeness (QED) is 0.847. The largest absolute Gasteiger partial charge is 0.378 e. The summed E-state index contributed by atoms with van der Waals surface area (Å²) in [5, 5.41) is -0.308. The summed E-state index contributed by atoms with van der Waals surface area (Å²) in [6, 6.07) is 7.47. The Morgan fingerprint density at radius 3 is 2.10 bits per heavy atom. The van der Waals surface area contributed by atoms with Gasteiger partial charge in [-0.25, -0.2) is 8.42 Å². The van der Waals surface area contributed by atoms with E-state index in [0.717, 1.165) is 5.69 Å². The highest BCUT2D eigenvalue weighted by molar-refractivity contribution is 7.91. The SMILES string of the molecule is CN(C)c1ccc(C(=O)N2CCC(S(C)(=O)=O)CC2)cc1. The van der Waals surface area contributed by atoms with Gasteiger partial charge >= 0.3 is 0 Å². The highest BCUT2D eigenvalue weighted by Crippen LogP contribution is 2.20. The van der Waals surface area contributed by atoms with E-state index < -0.39 is 9.84 Å². The van der Waals surface area contributed by atoms with E-state index in [-0.39, 0.29) is 11.2 Å². The van der Waals surface area contributed by atoms with Gasteiger partial charge in [-0.3, -0.25) is 4.79 Å². The smallest absolute Gasteiger partial charge is 0.253 e. The first-order valence-electron chi connectivity index (χ1n) is 7.04. The molecule has 0 saturated carbocycles. The van der Waals surface area contributed by atoms with E-state index in [0.29, 0.717) is 31.5 Å². The van der Waals surface area contributed by atoms with Gasteiger partial charge in [-0.2, -0.15) is 0 Å². The van der Waals surface area contributed by atoms with Crippen molar-refractivity contribution in [1.29, 1.82) is 0 Å². The fourth-order valence-electron chi connectivity index (χ4n) is 2.57. The van der Waals surface area contributed by atoms with E-state index in [1.165, 1.54) is 6.26 Å². The third-order valence-electron chi connectivity index (χ3n) is 3.97. The van der Waals surface area contributed by atoms with Gasteiger partial charge in [0.1, 0.15) is 9.84 Å². The molecule has 5 nitrogen and oxygen atoms in total. The number of anilines is 1. The maximum Gasteiger partial charge on any atom is 0.253 e. The number of hydrogen-bond acceptors (Lipinski definition) is 4. The normalized spacial score (nSPS) is 16.8. The zero-order valence-electron chi connectivity index (χ0n) is 12.7. The number of carbonyl (C=O) groups is 1. The molecule has 1 saturated heterocycles. The molecule has 1 aromatic rings. The fourth-order valence-corrected chi connectivity index (χ4v) is 3.64. The molecule has 0 unspecified atom stereocenters. The molecule has 0 atom stereocenters. The molecule has 1 aliphatic heterocycles. The number of hydrogen-bond donors (Lipinski definition) is 0. The molecule has 1 aliphatic rings. The zero-order chi connectivity index (χ0) is 15.6. The maximum absolute atomic E-state index is 12.4. The highest BCUT2D eigenvalue weighted by atomic mass is 32.2. The lowest BCUT2D eigenvalue weighted by atomic mass is 10.1. The average Bonchev–Trinajstić information content (AvgIpc) is 2.46. The van der Waals surface area contributed by atoms with Crippen LogP contribution in [0.2, 0.25) is 0 Å². The van der Waals surface area contributed by atoms with Crippen molar-refractivity contribution >= 4 is 21.4 Å². The van der Waals surface area contributed by atoms with Crippen LogP contribution in [0.1, 0.15) is 23.2 Å². The molecule has 21 heavy (non-hydrogen) atoms. The molecule has 0 aliphatic carbocycles. The van der Waals surface area contributed by atoms with Crippen molar-refractivity contribution in [3.63, 3.8) is 0 Å². The van der Waals surface area contributed by atoms with Crippen LogP contribution in [-0.2, 0) is 9.84 Å². The number of carbonyl (C=O) groups excluding carboxylic acids is 1. The van der Waals surface area contributed by atoms with E-state index in [9.17, 15) is 13.2 Å². The highest BCUT2D eigenvalue weighted by Gasteiger charge is 2.29. The number of sulfone groups is 1. The minimum absolute atomic E-state index is 0.0211. The summed E-state index contributed by atoms with van der Waals surface area (Å²) in [5.41, 5.74) is 1.70. The number of piperidine rings is 1. The van der Waals surface area contributed by atoms with Crippen LogP contribution in [0.4, 0.5) is 5.69 Å². The van der Waals surface area contributed by atoms with Crippen molar-refractivity contribution in [2.24, 2.45) is 0 Å². The predicted octanol–water partition coefficient (Wildman–Crippen LogP) is 1.40. The summed E-state index contributed by atoms with van der Waals surface area (Å²) in [6.45, 7) is 1.01. The van der Waals surface area contributed by atoms with Gasteiger partial charge in [0.25, 0.3) is 5.91 Å². The van der Waals surface area contributed by atoms with Crippen LogP contribution in [-0.4, -0.2) is 57.9 Å². The Hall–Kier alpha value is -1.56. The van der Waals surface area contributed by atoms with Crippen molar-refractivity contribution < 1.29 is 13.2 Å². The Bertz CT molecular complexity index is 600. The summed E-state index contributed by atoms with van der Waals surface area (Å²) < 4.78 is 23.1. The molecule has 1 heterocycles. The molecule has 0 spiro atoms. The maximum atomic E-state index is 12.4. The molecule has 6 heteroatoms. The second kappa shape index (κ2) is 6.05. The number of benzene rings is 1. The Labute approximate surface area is 126 Å². The van der Waals surface area contributed by atoms with Crippen LogP contribution >= 0.6 is 0 Å². The number of likely N-dealkylation sites (tertiary alicyclic amines) is 1. The first-order chi connectivity index (χ1) is 9.79. The Balaban J connectivity index is 2.02. The summed E-state index contributed by atoms with van der Waals surface area (Å²) in [6.07, 6.45) is 2.33. The number of amides is 1. The molecule has 1 aromatic carbocycles. The van der Waals surface area contributed by atoms with Crippen LogP contribution in [0, 0.1) is 0 Å². The van der Waals surface area contributed by atoms with Gasteiger partial charge in [0.2, 0.25) is 0 Å². The van der Waals surface area contributed by atoms with Crippen molar-refractivity contribution in [1.82, 2.24) is 4.90 Å². The van der Waals surface area contributed by atoms with Crippen molar-refractivity contribution in [3.05, 3.63) is 29.8 Å². The van der Waals surface area contributed by atoms with Crippen molar-refractivity contribution in [3.8, 4) is 0 Å². The Kier molecular flexibility index (Phi) is 4.56. The van der Waals surface area contributed by atoms with E-state index in [1.54, 1.807) is 4.90 Å². The summed E-state index contributed by atoms with van der Waals surface area (Å²) in [7, 11) is 0.904. The third kappa shape index (κ3) is 3.75. The van der Waals surface area contributed by atoms with Crippen LogP contribution in [0.15, 0.2) is 24.3 Å². The van der Waals surface area contributed by atoms with Gasteiger partial charge in [0.15, 0.2) is 0 Å². The van der Waals surface area contributed by atoms with Gasteiger partial charge in [-0.15, -0.1) is 0 Å². The molecule has 0 aromatic heterocycles. The molecular weight excluding hydrogens is 288 g/mol. The number of rotatable bonds is 3. The predicted molar refractivity (Wildman–Crippen MR) is 84.5 cm³/mol. The minimum Gasteiger partial charge on any atom is -0.378 e. The molecule has 1 amide bonds.